The minimum absolute atomic E-state index is 0.0208. The Morgan fingerprint density at radius 1 is 1.32 bits per heavy atom. The molecule has 1 aromatic heterocycles. The molecular weight excluding hydrogens is 322 g/mol. The smallest absolute Gasteiger partial charge is 0.277 e. The first kappa shape index (κ1) is 17.1. The van der Waals surface area contributed by atoms with Gasteiger partial charge in [0.05, 0.1) is 11.9 Å². The van der Waals surface area contributed by atoms with Crippen LogP contribution in [0.1, 0.15) is 20.3 Å². The van der Waals surface area contributed by atoms with Crippen LogP contribution in [0.4, 0.5) is 0 Å². The second-order valence-corrected chi connectivity index (χ2v) is 6.45. The van der Waals surface area contributed by atoms with E-state index in [4.69, 9.17) is 0 Å². The van der Waals surface area contributed by atoms with Crippen molar-refractivity contribution in [1.82, 2.24) is 25.2 Å². The van der Waals surface area contributed by atoms with Crippen LogP contribution in [0.3, 0.4) is 0 Å². The van der Waals surface area contributed by atoms with Gasteiger partial charge in [0.1, 0.15) is 11.6 Å². The van der Waals surface area contributed by atoms with Crippen molar-refractivity contribution in [3.05, 3.63) is 34.6 Å². The molecule has 1 aliphatic rings. The molecule has 0 aliphatic carbocycles. The quantitative estimate of drug-likeness (QED) is 0.853. The number of nitrogens with one attached hydrogen (secondary N) is 1. The van der Waals surface area contributed by atoms with Gasteiger partial charge >= 0.3 is 0 Å². The lowest BCUT2D eigenvalue weighted by Gasteiger charge is -2.37. The molecule has 3 rings (SSSR count). The third-order valence-electron chi connectivity index (χ3n) is 4.37. The summed E-state index contributed by atoms with van der Waals surface area (Å²) in [7, 11) is 0. The number of benzene rings is 1. The average molecular weight is 343 g/mol. The Morgan fingerprint density at radius 3 is 2.84 bits per heavy atom. The largest absolute Gasteiger partial charge is 0.353 e. The highest BCUT2D eigenvalue weighted by atomic mass is 16.2. The number of aromatic nitrogens is 3. The number of nitrogens with zero attached hydrogens (tertiary/aromatic N) is 4. The molecule has 1 unspecified atom stereocenters. The summed E-state index contributed by atoms with van der Waals surface area (Å²) in [5, 5.41) is 11.2. The molecule has 1 aliphatic heterocycles. The lowest BCUT2D eigenvalue weighted by molar-refractivity contribution is -0.145. The molecule has 2 heterocycles. The van der Waals surface area contributed by atoms with Crippen LogP contribution in [0.5, 0.6) is 0 Å². The SMILES string of the molecule is CC(C)C1C(=O)NCCN1C(=O)CCn1nnc2ccccc2c1=O. The highest BCUT2D eigenvalue weighted by Crippen LogP contribution is 2.15. The number of hydrogen-bond donors (Lipinski definition) is 1. The molecule has 8 nitrogen and oxygen atoms in total. The second kappa shape index (κ2) is 7.00. The molecule has 25 heavy (non-hydrogen) atoms. The van der Waals surface area contributed by atoms with E-state index in [1.54, 1.807) is 29.2 Å². The van der Waals surface area contributed by atoms with Crippen molar-refractivity contribution in [3.8, 4) is 0 Å². The Hall–Kier alpha value is -2.77. The first-order valence-corrected chi connectivity index (χ1v) is 8.39. The van der Waals surface area contributed by atoms with Gasteiger partial charge in [0.15, 0.2) is 0 Å². The van der Waals surface area contributed by atoms with Crippen molar-refractivity contribution >= 4 is 22.7 Å². The molecule has 0 bridgehead atoms. The van der Waals surface area contributed by atoms with Crippen LogP contribution in [0, 0.1) is 5.92 Å². The Morgan fingerprint density at radius 2 is 2.08 bits per heavy atom. The van der Waals surface area contributed by atoms with Crippen molar-refractivity contribution in [2.24, 2.45) is 5.92 Å². The van der Waals surface area contributed by atoms with E-state index >= 15 is 0 Å². The first-order chi connectivity index (χ1) is 12.0. The maximum Gasteiger partial charge on any atom is 0.277 e. The van der Waals surface area contributed by atoms with Gasteiger partial charge in [-0.25, -0.2) is 4.68 Å². The number of hydrogen-bond acceptors (Lipinski definition) is 5. The standard InChI is InChI=1S/C17H21N5O3/c1-11(2)15-16(24)18-8-10-21(15)14(23)7-9-22-17(25)12-5-3-4-6-13(12)19-20-22/h3-6,11,15H,7-10H2,1-2H3,(H,18,24). The molecule has 2 aromatic rings. The zero-order chi connectivity index (χ0) is 18.0. The van der Waals surface area contributed by atoms with Gasteiger partial charge in [-0.05, 0) is 18.1 Å². The van der Waals surface area contributed by atoms with Gasteiger partial charge in [0, 0.05) is 19.5 Å². The summed E-state index contributed by atoms with van der Waals surface area (Å²) in [6.07, 6.45) is 0.101. The Kier molecular flexibility index (Phi) is 4.78. The van der Waals surface area contributed by atoms with E-state index in [0.29, 0.717) is 24.0 Å². The molecule has 8 heteroatoms. The van der Waals surface area contributed by atoms with E-state index in [9.17, 15) is 14.4 Å². The molecule has 132 valence electrons. The van der Waals surface area contributed by atoms with E-state index in [2.05, 4.69) is 15.6 Å². The van der Waals surface area contributed by atoms with Crippen molar-refractivity contribution in [3.63, 3.8) is 0 Å². The van der Waals surface area contributed by atoms with Crippen LogP contribution in [-0.4, -0.2) is 50.8 Å². The van der Waals surface area contributed by atoms with E-state index in [0.717, 1.165) is 0 Å². The van der Waals surface area contributed by atoms with Crippen molar-refractivity contribution in [2.45, 2.75) is 32.9 Å². The van der Waals surface area contributed by atoms with E-state index in [1.807, 2.05) is 13.8 Å². The van der Waals surface area contributed by atoms with Crippen LogP contribution in [0.25, 0.3) is 10.9 Å². The summed E-state index contributed by atoms with van der Waals surface area (Å²) in [5.74, 6) is -0.264. The fourth-order valence-corrected chi connectivity index (χ4v) is 3.14. The molecule has 1 aromatic carbocycles. The monoisotopic (exact) mass is 343 g/mol. The van der Waals surface area contributed by atoms with Gasteiger partial charge in [-0.3, -0.25) is 14.4 Å². The minimum Gasteiger partial charge on any atom is -0.353 e. The molecule has 1 atom stereocenters. The van der Waals surface area contributed by atoms with Crippen molar-refractivity contribution in [1.29, 1.82) is 0 Å². The molecule has 1 saturated heterocycles. The van der Waals surface area contributed by atoms with Crippen LogP contribution in [0.2, 0.25) is 0 Å². The Labute approximate surface area is 144 Å². The number of fused-ring (bicyclic) bond motifs is 1. The number of rotatable bonds is 4. The minimum atomic E-state index is -0.472. The van der Waals surface area contributed by atoms with Crippen molar-refractivity contribution < 1.29 is 9.59 Å². The van der Waals surface area contributed by atoms with Gasteiger partial charge in [-0.2, -0.15) is 0 Å². The highest BCUT2D eigenvalue weighted by Gasteiger charge is 2.34. The molecule has 0 saturated carbocycles. The van der Waals surface area contributed by atoms with E-state index in [-0.39, 0.29) is 36.3 Å². The summed E-state index contributed by atoms with van der Waals surface area (Å²) in [6, 6.07) is 6.49. The first-order valence-electron chi connectivity index (χ1n) is 8.39. The Balaban J connectivity index is 1.75. The van der Waals surface area contributed by atoms with Gasteiger partial charge in [0.25, 0.3) is 5.56 Å². The molecule has 0 radical (unpaired) electrons. The predicted molar refractivity (Wildman–Crippen MR) is 91.8 cm³/mol. The summed E-state index contributed by atoms with van der Waals surface area (Å²) < 4.78 is 1.20. The number of amides is 2. The summed E-state index contributed by atoms with van der Waals surface area (Å²) in [4.78, 5) is 38.6. The summed E-state index contributed by atoms with van der Waals surface area (Å²) >= 11 is 0. The maximum absolute atomic E-state index is 12.6. The number of aryl methyl sites for hydroxylation is 1. The molecule has 2 amide bonds. The molecule has 1 N–H and O–H groups in total. The van der Waals surface area contributed by atoms with Crippen LogP contribution in [-0.2, 0) is 16.1 Å². The maximum atomic E-state index is 12.6. The number of piperazine rings is 1. The highest BCUT2D eigenvalue weighted by molar-refractivity contribution is 5.89. The summed E-state index contributed by atoms with van der Waals surface area (Å²) in [6.45, 7) is 4.89. The zero-order valence-electron chi connectivity index (χ0n) is 14.3. The Bertz CT molecular complexity index is 861. The third kappa shape index (κ3) is 3.38. The van der Waals surface area contributed by atoms with Crippen LogP contribution >= 0.6 is 0 Å². The van der Waals surface area contributed by atoms with Gasteiger partial charge < -0.3 is 10.2 Å². The summed E-state index contributed by atoms with van der Waals surface area (Å²) in [5.41, 5.74) is 0.262. The molecular formula is C17H21N5O3. The van der Waals surface area contributed by atoms with Gasteiger partial charge in [0.2, 0.25) is 11.8 Å². The number of carbonyl (C=O) groups is 2. The lowest BCUT2D eigenvalue weighted by atomic mass is 9.99. The normalized spacial score (nSPS) is 17.8. The lowest BCUT2D eigenvalue weighted by Crippen LogP contribution is -2.59. The number of carbonyl (C=O) groups excluding carboxylic acids is 2. The van der Waals surface area contributed by atoms with Gasteiger partial charge in [-0.1, -0.05) is 31.2 Å². The van der Waals surface area contributed by atoms with Gasteiger partial charge in [-0.15, -0.1) is 5.10 Å². The van der Waals surface area contributed by atoms with E-state index < -0.39 is 6.04 Å². The van der Waals surface area contributed by atoms with Crippen LogP contribution < -0.4 is 10.9 Å². The fourth-order valence-electron chi connectivity index (χ4n) is 3.14. The second-order valence-electron chi connectivity index (χ2n) is 6.45. The predicted octanol–water partition coefficient (Wildman–Crippen LogP) is 0.165. The fraction of sp³-hybridized carbons (Fsp3) is 0.471. The zero-order valence-corrected chi connectivity index (χ0v) is 14.3. The van der Waals surface area contributed by atoms with Crippen molar-refractivity contribution in [2.75, 3.05) is 13.1 Å². The molecule has 0 spiro atoms. The van der Waals surface area contributed by atoms with E-state index in [1.165, 1.54) is 4.68 Å². The topological polar surface area (TPSA) is 97.2 Å². The van der Waals surface area contributed by atoms with Crippen LogP contribution in [0.15, 0.2) is 29.1 Å². The molecule has 1 fully saturated rings. The average Bonchev–Trinajstić information content (AvgIpc) is 2.60. The third-order valence-corrected chi connectivity index (χ3v) is 4.37.